The highest BCUT2D eigenvalue weighted by molar-refractivity contribution is 7.94. The molecule has 0 fully saturated rings. The maximum Gasteiger partial charge on any atom is 0.296 e. The number of nitrogens with one attached hydrogen (secondary N) is 4. The Labute approximate surface area is 363 Å². The van der Waals surface area contributed by atoms with Gasteiger partial charge in [0.1, 0.15) is 20.4 Å². The van der Waals surface area contributed by atoms with Crippen LogP contribution in [-0.4, -0.2) is 81.2 Å². The Morgan fingerprint density at radius 2 is 1.16 bits per heavy atom. The molecule has 8 N–H and O–H groups in total. The van der Waals surface area contributed by atoms with E-state index >= 15 is 0 Å². The molecule has 1 heterocycles. The zero-order chi connectivity index (χ0) is 47.0. The summed E-state index contributed by atoms with van der Waals surface area (Å²) in [7, 11) is -23.8. The van der Waals surface area contributed by atoms with E-state index in [4.69, 9.17) is 0 Å². The number of nitrogens with zero attached hydrogens (tertiary/aromatic N) is 5. The Morgan fingerprint density at radius 3 is 1.73 bits per heavy atom. The van der Waals surface area contributed by atoms with Crippen molar-refractivity contribution >= 4 is 119 Å². The molecule has 6 aromatic rings. The van der Waals surface area contributed by atoms with E-state index in [0.29, 0.717) is 18.2 Å². The first-order valence-corrected chi connectivity index (χ1v) is 24.5. The fraction of sp³-hybridized carbons (Fsp3) is 0.0286. The van der Waals surface area contributed by atoms with Gasteiger partial charge in [-0.2, -0.15) is 53.7 Å². The van der Waals surface area contributed by atoms with Gasteiger partial charge in [0.05, 0.1) is 26.9 Å². The van der Waals surface area contributed by atoms with Crippen LogP contribution in [0.15, 0.2) is 138 Å². The number of hydrogen-bond acceptors (Lipinski definition) is 19. The zero-order valence-corrected chi connectivity index (χ0v) is 36.1. The van der Waals surface area contributed by atoms with Crippen molar-refractivity contribution in [3.8, 4) is 0 Å². The van der Waals surface area contributed by atoms with E-state index in [2.05, 4.69) is 53.0 Å². The Bertz CT molecular complexity index is 3540. The van der Waals surface area contributed by atoms with Gasteiger partial charge in [-0.05, 0) is 72.8 Å². The molecule has 1 aromatic heterocycles. The van der Waals surface area contributed by atoms with E-state index < -0.39 is 87.4 Å². The van der Waals surface area contributed by atoms with Crippen LogP contribution in [0.5, 0.6) is 0 Å². The molecule has 0 bridgehead atoms. The van der Waals surface area contributed by atoms with Crippen LogP contribution >= 0.6 is 0 Å². The van der Waals surface area contributed by atoms with Gasteiger partial charge >= 0.3 is 0 Å². The van der Waals surface area contributed by atoms with E-state index in [1.807, 2.05) is 0 Å². The molecule has 29 heteroatoms. The second-order valence-electron chi connectivity index (χ2n) is 12.9. The molecule has 0 spiro atoms. The number of carbonyl (C=O) groups is 1. The molecule has 0 saturated heterocycles. The zero-order valence-electron chi connectivity index (χ0n) is 32.0. The maximum absolute atomic E-state index is 12.5. The van der Waals surface area contributed by atoms with Crippen LogP contribution in [0, 0.1) is 0 Å². The quantitative estimate of drug-likeness (QED) is 0.0463. The number of hydrogen-bond donors (Lipinski definition) is 8. The summed E-state index contributed by atoms with van der Waals surface area (Å²) in [4.78, 5) is 21.6. The van der Waals surface area contributed by atoms with E-state index in [1.165, 1.54) is 48.5 Å². The van der Waals surface area contributed by atoms with E-state index in [1.54, 1.807) is 0 Å². The number of rotatable bonds is 15. The Hall–Kier alpha value is -6.83. The average molecular weight is 976 g/mol. The summed E-state index contributed by atoms with van der Waals surface area (Å²) < 4.78 is 161. The third kappa shape index (κ3) is 11.0. The average Bonchev–Trinajstić information content (AvgIpc) is 3.18. The van der Waals surface area contributed by atoms with Crippen molar-refractivity contribution in [2.24, 2.45) is 10.2 Å². The minimum Gasteiger partial charge on any atom is -0.324 e. The van der Waals surface area contributed by atoms with E-state index in [-0.39, 0.29) is 56.0 Å². The van der Waals surface area contributed by atoms with Gasteiger partial charge < -0.3 is 21.3 Å². The minimum absolute atomic E-state index is 0.0542. The smallest absolute Gasteiger partial charge is 0.296 e. The Balaban J connectivity index is 1.43. The Morgan fingerprint density at radius 1 is 0.562 bits per heavy atom. The fourth-order valence-electron chi connectivity index (χ4n) is 5.67. The predicted molar refractivity (Wildman–Crippen MR) is 228 cm³/mol. The Kier molecular flexibility index (Phi) is 12.7. The normalized spacial score (nSPS) is 12.5. The monoisotopic (exact) mass is 975 g/mol. The minimum atomic E-state index is -5.05. The van der Waals surface area contributed by atoms with Crippen molar-refractivity contribution in [1.82, 2.24) is 15.0 Å². The van der Waals surface area contributed by atoms with Crippen molar-refractivity contribution in [3.05, 3.63) is 103 Å². The second-order valence-corrected chi connectivity index (χ2v) is 20.4. The van der Waals surface area contributed by atoms with Crippen molar-refractivity contribution in [2.75, 3.05) is 21.3 Å². The predicted octanol–water partition coefficient (Wildman–Crippen LogP) is 5.53. The third-order valence-electron chi connectivity index (χ3n) is 8.34. The number of amides is 1. The van der Waals surface area contributed by atoms with Crippen LogP contribution in [0.25, 0.3) is 10.8 Å². The molecule has 6 rings (SSSR count). The summed E-state index contributed by atoms with van der Waals surface area (Å²) in [6.45, 7) is 4.44. The summed E-state index contributed by atoms with van der Waals surface area (Å²) in [5.74, 6) is -1.86. The molecule has 64 heavy (non-hydrogen) atoms. The summed E-state index contributed by atoms with van der Waals surface area (Å²) in [6, 6.07) is 16.5. The molecule has 0 radical (unpaired) electrons. The molecular formula is C35H29N9O15S5. The van der Waals surface area contributed by atoms with Gasteiger partial charge in [0.25, 0.3) is 40.5 Å². The molecule has 24 nitrogen and oxygen atoms in total. The highest BCUT2D eigenvalue weighted by Gasteiger charge is 2.23. The largest absolute Gasteiger partial charge is 0.324 e. The number of sulfone groups is 1. The summed E-state index contributed by atoms with van der Waals surface area (Å²) >= 11 is 0. The number of carbonyl (C=O) groups excluding carboxylic acids is 1. The first-order chi connectivity index (χ1) is 29.7. The van der Waals surface area contributed by atoms with Gasteiger partial charge in [0, 0.05) is 34.5 Å². The fourth-order valence-corrected chi connectivity index (χ4v) is 8.98. The highest BCUT2D eigenvalue weighted by atomic mass is 32.2. The summed E-state index contributed by atoms with van der Waals surface area (Å²) in [6.07, 6.45) is 0. The van der Waals surface area contributed by atoms with Crippen LogP contribution in [0.3, 0.4) is 0 Å². The second kappa shape index (κ2) is 17.4. The van der Waals surface area contributed by atoms with E-state index in [9.17, 15) is 65.1 Å². The van der Waals surface area contributed by atoms with Gasteiger partial charge in [-0.15, -0.1) is 5.11 Å². The molecule has 334 valence electrons. The standard InChI is InChI=1S/C35H29N9O15S5/c1-3-60(46,47)23-7-4-6-20(14-23)37-33-40-34(42-35(41-33)39-29-18-24(61(48,49)50)11-13-31(29)63(54,55)56)38-21-10-12-27(28(16-21)36-19(2)45)44-43-22-15-26-25(32(17-22)64(57,58)59)8-5-9-30(26)62(51,52)53/h3-18H,1H2,2H3,(H,36,45)(H,48,49,50)(H,51,52,53)(H,54,55,56)(H,57,58,59)(H3,37,38,39,40,41,42). The molecule has 5 aromatic carbocycles. The highest BCUT2D eigenvalue weighted by Crippen LogP contribution is 2.36. The van der Waals surface area contributed by atoms with Gasteiger partial charge in [-0.1, -0.05) is 24.8 Å². The van der Waals surface area contributed by atoms with Gasteiger partial charge in [-0.25, -0.2) is 8.42 Å². The number of azo groups is 1. The van der Waals surface area contributed by atoms with Crippen LogP contribution in [0.4, 0.5) is 52.0 Å². The molecule has 1 amide bonds. The van der Waals surface area contributed by atoms with Crippen molar-refractivity contribution in [1.29, 1.82) is 0 Å². The maximum atomic E-state index is 12.5. The van der Waals surface area contributed by atoms with Gasteiger partial charge in [-0.3, -0.25) is 23.0 Å². The van der Waals surface area contributed by atoms with Crippen LogP contribution in [0.1, 0.15) is 6.92 Å². The topological polar surface area (TPSA) is 380 Å². The lowest BCUT2D eigenvalue weighted by Gasteiger charge is -2.14. The SMILES string of the molecule is C=CS(=O)(=O)c1cccc(Nc2nc(Nc3ccc(N=Nc4cc(S(=O)(=O)O)c5cccc(S(=O)(=O)O)c5c4)c(NC(C)=O)c3)nc(Nc3cc(S(=O)(=O)O)ccc3S(=O)(=O)O)n2)c1. The molecule has 0 unspecified atom stereocenters. The first-order valence-electron chi connectivity index (χ1n) is 17.2. The number of fused-ring (bicyclic) bond motifs is 1. The van der Waals surface area contributed by atoms with Crippen molar-refractivity contribution in [2.45, 2.75) is 31.4 Å². The van der Waals surface area contributed by atoms with Crippen molar-refractivity contribution < 1.29 is 65.1 Å². The number of benzene rings is 5. The lowest BCUT2D eigenvalue weighted by molar-refractivity contribution is -0.114. The molecular weight excluding hydrogens is 947 g/mol. The van der Waals surface area contributed by atoms with Crippen LogP contribution < -0.4 is 21.3 Å². The van der Waals surface area contributed by atoms with E-state index in [0.717, 1.165) is 36.6 Å². The lowest BCUT2D eigenvalue weighted by atomic mass is 10.1. The van der Waals surface area contributed by atoms with Crippen LogP contribution in [-0.2, 0) is 55.1 Å². The first kappa shape index (κ1) is 46.7. The number of anilines is 7. The molecule has 0 aliphatic carbocycles. The lowest BCUT2D eigenvalue weighted by Crippen LogP contribution is -2.11. The third-order valence-corrected chi connectivity index (χ3v) is 13.3. The molecule has 0 aliphatic heterocycles. The van der Waals surface area contributed by atoms with Crippen LogP contribution in [0.2, 0.25) is 0 Å². The van der Waals surface area contributed by atoms with Gasteiger partial charge in [0.15, 0.2) is 9.84 Å². The molecule has 0 saturated carbocycles. The molecule has 0 atom stereocenters. The summed E-state index contributed by atoms with van der Waals surface area (Å²) in [5.41, 5.74) is -0.889. The van der Waals surface area contributed by atoms with Crippen molar-refractivity contribution in [3.63, 3.8) is 0 Å². The molecule has 0 aliphatic rings. The number of aromatic nitrogens is 3. The van der Waals surface area contributed by atoms with Gasteiger partial charge in [0.2, 0.25) is 23.8 Å². The summed E-state index contributed by atoms with van der Waals surface area (Å²) in [5, 5.41) is 18.7.